The molecule has 0 aliphatic carbocycles. The van der Waals surface area contributed by atoms with Gasteiger partial charge in [0, 0.05) is 37.4 Å². The van der Waals surface area contributed by atoms with E-state index in [-0.39, 0.29) is 5.91 Å². The van der Waals surface area contributed by atoms with Gasteiger partial charge in [-0.15, -0.1) is 0 Å². The maximum Gasteiger partial charge on any atom is 0.254 e. The Morgan fingerprint density at radius 3 is 2.76 bits per heavy atom. The number of carbonyl (C=O) groups excluding carboxylic acids is 1. The summed E-state index contributed by atoms with van der Waals surface area (Å²) in [5, 5.41) is 4.06. The first-order chi connectivity index (χ1) is 12.0. The van der Waals surface area contributed by atoms with Crippen LogP contribution in [0.1, 0.15) is 37.0 Å². The molecule has 0 saturated carbocycles. The Morgan fingerprint density at radius 2 is 2.12 bits per heavy atom. The highest BCUT2D eigenvalue weighted by atomic mass is 16.2. The highest BCUT2D eigenvalue weighted by Crippen LogP contribution is 2.20. The van der Waals surface area contributed by atoms with Crippen LogP contribution in [0, 0.1) is 5.92 Å². The van der Waals surface area contributed by atoms with Crippen molar-refractivity contribution in [1.82, 2.24) is 29.5 Å². The molecule has 3 rings (SSSR count). The number of hydrogen-bond donors (Lipinski definition) is 0. The van der Waals surface area contributed by atoms with Crippen LogP contribution in [0.15, 0.2) is 31.0 Å². The lowest BCUT2D eigenvalue weighted by molar-refractivity contribution is 0.0666. The summed E-state index contributed by atoms with van der Waals surface area (Å²) >= 11 is 0. The summed E-state index contributed by atoms with van der Waals surface area (Å²) in [5.74, 6) is 1.34. The van der Waals surface area contributed by atoms with Crippen molar-refractivity contribution in [2.45, 2.75) is 32.7 Å². The fourth-order valence-corrected chi connectivity index (χ4v) is 3.12. The Balaban J connectivity index is 1.60. The van der Waals surface area contributed by atoms with E-state index in [1.807, 2.05) is 4.90 Å². The van der Waals surface area contributed by atoms with E-state index in [0.717, 1.165) is 32.5 Å². The van der Waals surface area contributed by atoms with Crippen LogP contribution in [0.3, 0.4) is 0 Å². The molecule has 134 valence electrons. The third-order valence-corrected chi connectivity index (χ3v) is 4.98. The first kappa shape index (κ1) is 17.5. The third-order valence-electron chi connectivity index (χ3n) is 4.98. The van der Waals surface area contributed by atoms with Gasteiger partial charge in [-0.25, -0.2) is 14.6 Å². The van der Waals surface area contributed by atoms with Gasteiger partial charge in [-0.3, -0.25) is 4.79 Å². The SMILES string of the molecule is CC(C)N(C)CC1CCN(C(=O)c2ccnc(-n3cncn3)c2)CC1. The van der Waals surface area contributed by atoms with Crippen molar-refractivity contribution in [3.05, 3.63) is 36.5 Å². The van der Waals surface area contributed by atoms with Crippen LogP contribution in [0.5, 0.6) is 0 Å². The lowest BCUT2D eigenvalue weighted by atomic mass is 9.95. The lowest BCUT2D eigenvalue weighted by Crippen LogP contribution is -2.42. The Hall–Kier alpha value is -2.28. The van der Waals surface area contributed by atoms with E-state index in [2.05, 4.69) is 40.9 Å². The highest BCUT2D eigenvalue weighted by Gasteiger charge is 2.25. The van der Waals surface area contributed by atoms with Crippen LogP contribution in [0.25, 0.3) is 5.82 Å². The summed E-state index contributed by atoms with van der Waals surface area (Å²) in [4.78, 5) is 25.3. The van der Waals surface area contributed by atoms with E-state index in [9.17, 15) is 4.79 Å². The summed E-state index contributed by atoms with van der Waals surface area (Å²) in [5.41, 5.74) is 0.651. The topological polar surface area (TPSA) is 67.2 Å². The van der Waals surface area contributed by atoms with E-state index in [0.29, 0.717) is 23.3 Å². The molecule has 1 saturated heterocycles. The smallest absolute Gasteiger partial charge is 0.254 e. The van der Waals surface area contributed by atoms with E-state index in [1.54, 1.807) is 29.3 Å². The highest BCUT2D eigenvalue weighted by molar-refractivity contribution is 5.94. The minimum absolute atomic E-state index is 0.0689. The molecule has 7 heteroatoms. The average Bonchev–Trinajstić information content (AvgIpc) is 3.16. The Kier molecular flexibility index (Phi) is 5.43. The number of amides is 1. The summed E-state index contributed by atoms with van der Waals surface area (Å²) < 4.78 is 1.56. The number of piperidine rings is 1. The molecule has 0 aromatic carbocycles. The second-order valence-corrected chi connectivity index (χ2v) is 7.01. The fraction of sp³-hybridized carbons (Fsp3) is 0.556. The first-order valence-corrected chi connectivity index (χ1v) is 8.85. The zero-order valence-electron chi connectivity index (χ0n) is 15.2. The molecule has 1 aliphatic heterocycles. The van der Waals surface area contributed by atoms with Gasteiger partial charge in [-0.1, -0.05) is 0 Å². The molecule has 0 spiro atoms. The zero-order valence-corrected chi connectivity index (χ0v) is 15.2. The molecule has 0 unspecified atom stereocenters. The minimum atomic E-state index is 0.0689. The van der Waals surface area contributed by atoms with Crippen molar-refractivity contribution < 1.29 is 4.79 Å². The molecule has 25 heavy (non-hydrogen) atoms. The molecule has 3 heterocycles. The maximum atomic E-state index is 12.8. The van der Waals surface area contributed by atoms with Gasteiger partial charge in [0.2, 0.25) is 0 Å². The van der Waals surface area contributed by atoms with Gasteiger partial charge in [-0.2, -0.15) is 5.10 Å². The van der Waals surface area contributed by atoms with Crippen LogP contribution in [-0.4, -0.2) is 68.2 Å². The Bertz CT molecular complexity index is 691. The number of pyridine rings is 1. The number of nitrogens with zero attached hydrogens (tertiary/aromatic N) is 6. The average molecular weight is 342 g/mol. The largest absolute Gasteiger partial charge is 0.339 e. The number of hydrogen-bond acceptors (Lipinski definition) is 5. The van der Waals surface area contributed by atoms with E-state index < -0.39 is 0 Å². The molecular formula is C18H26N6O. The number of rotatable bonds is 5. The minimum Gasteiger partial charge on any atom is -0.339 e. The second-order valence-electron chi connectivity index (χ2n) is 7.01. The van der Waals surface area contributed by atoms with Gasteiger partial charge >= 0.3 is 0 Å². The van der Waals surface area contributed by atoms with Crippen molar-refractivity contribution in [3.8, 4) is 5.82 Å². The molecule has 1 amide bonds. The maximum absolute atomic E-state index is 12.8. The molecule has 0 N–H and O–H groups in total. The Labute approximate surface area is 148 Å². The number of likely N-dealkylation sites (tertiary alicyclic amines) is 1. The lowest BCUT2D eigenvalue weighted by Gasteiger charge is -2.35. The standard InChI is InChI=1S/C18H26N6O/c1-14(2)22(3)11-15-5-8-23(9-6-15)18(25)16-4-7-20-17(10-16)24-13-19-12-21-24/h4,7,10,12-15H,5-6,8-9,11H2,1-3H3. The van der Waals surface area contributed by atoms with Crippen molar-refractivity contribution in [2.75, 3.05) is 26.7 Å². The van der Waals surface area contributed by atoms with E-state index in [4.69, 9.17) is 0 Å². The quantitative estimate of drug-likeness (QED) is 0.830. The Morgan fingerprint density at radius 1 is 1.36 bits per heavy atom. The summed E-state index contributed by atoms with van der Waals surface area (Å²) in [6, 6.07) is 4.10. The molecule has 2 aromatic heterocycles. The van der Waals surface area contributed by atoms with Gasteiger partial charge in [0.25, 0.3) is 5.91 Å². The third kappa shape index (κ3) is 4.22. The van der Waals surface area contributed by atoms with Crippen molar-refractivity contribution in [1.29, 1.82) is 0 Å². The van der Waals surface area contributed by atoms with Gasteiger partial charge in [0.1, 0.15) is 12.7 Å². The van der Waals surface area contributed by atoms with Crippen LogP contribution in [0.4, 0.5) is 0 Å². The number of aromatic nitrogens is 4. The van der Waals surface area contributed by atoms with Crippen molar-refractivity contribution in [2.24, 2.45) is 5.92 Å². The number of carbonyl (C=O) groups is 1. The molecule has 7 nitrogen and oxygen atoms in total. The molecule has 0 atom stereocenters. The van der Waals surface area contributed by atoms with Crippen LogP contribution in [0.2, 0.25) is 0 Å². The summed E-state index contributed by atoms with van der Waals surface area (Å²) in [7, 11) is 2.17. The van der Waals surface area contributed by atoms with Crippen molar-refractivity contribution >= 4 is 5.91 Å². The molecule has 2 aromatic rings. The second kappa shape index (κ2) is 7.74. The van der Waals surface area contributed by atoms with E-state index in [1.165, 1.54) is 6.33 Å². The van der Waals surface area contributed by atoms with E-state index >= 15 is 0 Å². The molecule has 1 aliphatic rings. The van der Waals surface area contributed by atoms with Gasteiger partial charge < -0.3 is 9.80 Å². The molecule has 0 bridgehead atoms. The van der Waals surface area contributed by atoms with Gasteiger partial charge in [0.15, 0.2) is 5.82 Å². The van der Waals surface area contributed by atoms with Crippen LogP contribution >= 0.6 is 0 Å². The van der Waals surface area contributed by atoms with Crippen LogP contribution < -0.4 is 0 Å². The predicted octanol–water partition coefficient (Wildman–Crippen LogP) is 1.85. The summed E-state index contributed by atoms with van der Waals surface area (Å²) in [6.07, 6.45) is 6.80. The molecule has 0 radical (unpaired) electrons. The normalized spacial score (nSPS) is 16.0. The summed E-state index contributed by atoms with van der Waals surface area (Å²) in [6.45, 7) is 7.17. The molecular weight excluding hydrogens is 316 g/mol. The fourth-order valence-electron chi connectivity index (χ4n) is 3.12. The molecule has 1 fully saturated rings. The monoisotopic (exact) mass is 342 g/mol. The first-order valence-electron chi connectivity index (χ1n) is 8.85. The van der Waals surface area contributed by atoms with Gasteiger partial charge in [-0.05, 0) is 51.8 Å². The zero-order chi connectivity index (χ0) is 17.8. The van der Waals surface area contributed by atoms with Crippen molar-refractivity contribution in [3.63, 3.8) is 0 Å². The van der Waals surface area contributed by atoms with Crippen LogP contribution in [-0.2, 0) is 0 Å². The predicted molar refractivity (Wildman–Crippen MR) is 95.5 cm³/mol. The van der Waals surface area contributed by atoms with Gasteiger partial charge in [0.05, 0.1) is 0 Å².